The summed E-state index contributed by atoms with van der Waals surface area (Å²) < 4.78 is 15.9. The van der Waals surface area contributed by atoms with E-state index in [-0.39, 0.29) is 5.56 Å². The van der Waals surface area contributed by atoms with E-state index in [1.165, 1.54) is 30.6 Å². The summed E-state index contributed by atoms with van der Waals surface area (Å²) in [4.78, 5) is 36.1. The summed E-state index contributed by atoms with van der Waals surface area (Å²) in [5.74, 6) is -0.494. The lowest BCUT2D eigenvalue weighted by Gasteiger charge is -2.13. The van der Waals surface area contributed by atoms with Crippen LogP contribution < -0.4 is 14.8 Å². The first-order valence-corrected chi connectivity index (χ1v) is 9.64. The first-order valence-electron chi connectivity index (χ1n) is 8.76. The molecule has 2 amide bonds. The molecule has 0 saturated heterocycles. The van der Waals surface area contributed by atoms with E-state index in [4.69, 9.17) is 14.2 Å². The van der Waals surface area contributed by atoms with Gasteiger partial charge in [0.05, 0.1) is 24.2 Å². The number of esters is 1. The van der Waals surface area contributed by atoms with E-state index in [0.29, 0.717) is 28.9 Å². The molecule has 0 aliphatic carbocycles. The van der Waals surface area contributed by atoms with E-state index >= 15 is 0 Å². The average Bonchev–Trinajstić information content (AvgIpc) is 3.21. The van der Waals surface area contributed by atoms with Gasteiger partial charge in [-0.1, -0.05) is 19.9 Å². The molecule has 1 heterocycles. The molecule has 1 aromatic carbocycles. The van der Waals surface area contributed by atoms with Crippen LogP contribution in [-0.2, 0) is 9.53 Å². The summed E-state index contributed by atoms with van der Waals surface area (Å²) in [5.41, 5.74) is 0.213. The van der Waals surface area contributed by atoms with E-state index in [9.17, 15) is 14.4 Å². The minimum Gasteiger partial charge on any atom is -0.493 e. The normalized spacial score (nSPS) is 10.4. The van der Waals surface area contributed by atoms with Crippen molar-refractivity contribution >= 4 is 29.1 Å². The summed E-state index contributed by atoms with van der Waals surface area (Å²) in [7, 11) is 1.48. The zero-order valence-electron chi connectivity index (χ0n) is 16.0. The fraction of sp³-hybridized carbons (Fsp3) is 0.350. The molecule has 0 bridgehead atoms. The van der Waals surface area contributed by atoms with Crippen molar-refractivity contribution in [1.29, 1.82) is 0 Å². The molecule has 0 atom stereocenters. The van der Waals surface area contributed by atoms with Crippen LogP contribution in [-0.4, -0.2) is 38.1 Å². The lowest BCUT2D eigenvalue weighted by molar-refractivity contribution is -0.123. The second-order valence-corrected chi connectivity index (χ2v) is 7.28. The van der Waals surface area contributed by atoms with Crippen molar-refractivity contribution in [2.45, 2.75) is 20.3 Å². The largest absolute Gasteiger partial charge is 0.493 e. The third kappa shape index (κ3) is 6.38. The number of amides is 2. The van der Waals surface area contributed by atoms with Gasteiger partial charge >= 0.3 is 5.97 Å². The van der Waals surface area contributed by atoms with Gasteiger partial charge in [0, 0.05) is 0 Å². The number of hydrogen-bond donors (Lipinski definition) is 1. The van der Waals surface area contributed by atoms with Crippen LogP contribution in [0.15, 0.2) is 35.7 Å². The third-order valence-corrected chi connectivity index (χ3v) is 4.55. The summed E-state index contributed by atoms with van der Waals surface area (Å²) in [6, 6.07) is 7.94. The zero-order chi connectivity index (χ0) is 20.5. The van der Waals surface area contributed by atoms with Crippen molar-refractivity contribution in [3.63, 3.8) is 0 Å². The Hall–Kier alpha value is -2.87. The molecule has 2 rings (SSSR count). The van der Waals surface area contributed by atoms with E-state index in [2.05, 4.69) is 19.2 Å². The maximum absolute atomic E-state index is 12.2. The molecule has 0 fully saturated rings. The Balaban J connectivity index is 1.89. The first-order chi connectivity index (χ1) is 13.4. The highest BCUT2D eigenvalue weighted by atomic mass is 32.1. The van der Waals surface area contributed by atoms with Crippen molar-refractivity contribution in [2.24, 2.45) is 5.92 Å². The second-order valence-electron chi connectivity index (χ2n) is 6.33. The Morgan fingerprint density at radius 2 is 1.93 bits per heavy atom. The zero-order valence-corrected chi connectivity index (χ0v) is 16.8. The van der Waals surface area contributed by atoms with Crippen molar-refractivity contribution in [2.75, 3.05) is 20.3 Å². The standard InChI is InChI=1S/C20H23NO6S/c1-13(2)8-9-26-15-7-6-14(11-16(15)25-3)20(24)27-12-18(22)21-19(23)17-5-4-10-28-17/h4-7,10-11,13H,8-9,12H2,1-3H3,(H,21,22,23). The number of ether oxygens (including phenoxy) is 3. The highest BCUT2D eigenvalue weighted by Gasteiger charge is 2.16. The lowest BCUT2D eigenvalue weighted by Crippen LogP contribution is -2.33. The number of nitrogens with one attached hydrogen (secondary N) is 1. The molecule has 8 heteroatoms. The Labute approximate surface area is 167 Å². The van der Waals surface area contributed by atoms with Gasteiger partial charge < -0.3 is 14.2 Å². The van der Waals surface area contributed by atoms with E-state index in [1.54, 1.807) is 23.6 Å². The summed E-state index contributed by atoms with van der Waals surface area (Å²) in [6.07, 6.45) is 0.895. The summed E-state index contributed by atoms with van der Waals surface area (Å²) in [5, 5.41) is 3.89. The summed E-state index contributed by atoms with van der Waals surface area (Å²) in [6.45, 7) is 4.18. The van der Waals surface area contributed by atoms with Crippen LogP contribution >= 0.6 is 11.3 Å². The molecule has 1 aromatic heterocycles. The molecule has 0 radical (unpaired) electrons. The minimum absolute atomic E-state index is 0.213. The molecule has 0 saturated carbocycles. The molecule has 28 heavy (non-hydrogen) atoms. The van der Waals surface area contributed by atoms with Crippen LogP contribution in [0.3, 0.4) is 0 Å². The van der Waals surface area contributed by atoms with Crippen molar-refractivity contribution in [3.05, 3.63) is 46.2 Å². The molecular formula is C20H23NO6S. The van der Waals surface area contributed by atoms with Gasteiger partial charge in [-0.05, 0) is 42.0 Å². The van der Waals surface area contributed by atoms with E-state index in [0.717, 1.165) is 6.42 Å². The van der Waals surface area contributed by atoms with Crippen LogP contribution in [0.2, 0.25) is 0 Å². The molecular weight excluding hydrogens is 382 g/mol. The summed E-state index contributed by atoms with van der Waals surface area (Å²) >= 11 is 1.21. The number of benzene rings is 1. The monoisotopic (exact) mass is 405 g/mol. The molecule has 2 aromatic rings. The molecule has 7 nitrogen and oxygen atoms in total. The molecule has 0 spiro atoms. The number of carbonyl (C=O) groups excluding carboxylic acids is 3. The predicted octanol–water partition coefficient (Wildman–Crippen LogP) is 3.30. The number of rotatable bonds is 9. The highest BCUT2D eigenvalue weighted by molar-refractivity contribution is 7.12. The van der Waals surface area contributed by atoms with Gasteiger partial charge in [-0.2, -0.15) is 0 Å². The Kier molecular flexibility index (Phi) is 8.01. The van der Waals surface area contributed by atoms with Gasteiger partial charge in [0.1, 0.15) is 0 Å². The average molecular weight is 405 g/mol. The lowest BCUT2D eigenvalue weighted by atomic mass is 10.1. The van der Waals surface area contributed by atoms with Crippen LogP contribution in [0.25, 0.3) is 0 Å². The number of carbonyl (C=O) groups is 3. The fourth-order valence-corrected chi connectivity index (χ4v) is 2.78. The second kappa shape index (κ2) is 10.5. The van der Waals surface area contributed by atoms with Crippen LogP contribution in [0.5, 0.6) is 11.5 Å². The maximum atomic E-state index is 12.2. The number of hydrogen-bond acceptors (Lipinski definition) is 7. The molecule has 150 valence electrons. The maximum Gasteiger partial charge on any atom is 0.338 e. The van der Waals surface area contributed by atoms with E-state index in [1.807, 2.05) is 0 Å². The highest BCUT2D eigenvalue weighted by Crippen LogP contribution is 2.28. The van der Waals surface area contributed by atoms with Crippen LogP contribution in [0.1, 0.15) is 40.3 Å². The number of thiophene rings is 1. The Bertz CT molecular complexity index is 816. The molecule has 1 N–H and O–H groups in total. The van der Waals surface area contributed by atoms with Gasteiger partial charge in [0.25, 0.3) is 11.8 Å². The Morgan fingerprint density at radius 1 is 1.14 bits per heavy atom. The van der Waals surface area contributed by atoms with Gasteiger partial charge in [-0.15, -0.1) is 11.3 Å². The van der Waals surface area contributed by atoms with Crippen LogP contribution in [0.4, 0.5) is 0 Å². The molecule has 0 aliphatic rings. The quantitative estimate of drug-likeness (QED) is 0.644. The van der Waals surface area contributed by atoms with Gasteiger partial charge in [-0.25, -0.2) is 4.79 Å². The topological polar surface area (TPSA) is 90.9 Å². The fourth-order valence-electron chi connectivity index (χ4n) is 2.16. The number of methoxy groups -OCH3 is 1. The van der Waals surface area contributed by atoms with E-state index < -0.39 is 24.4 Å². The SMILES string of the molecule is COc1cc(C(=O)OCC(=O)NC(=O)c2cccs2)ccc1OCCC(C)C. The van der Waals surface area contributed by atoms with Crippen molar-refractivity contribution < 1.29 is 28.6 Å². The van der Waals surface area contributed by atoms with Crippen molar-refractivity contribution in [1.82, 2.24) is 5.32 Å². The third-order valence-electron chi connectivity index (χ3n) is 3.68. The first kappa shape index (κ1) is 21.4. The number of imide groups is 1. The van der Waals surface area contributed by atoms with Gasteiger partial charge in [0.2, 0.25) is 0 Å². The Morgan fingerprint density at radius 3 is 2.57 bits per heavy atom. The molecule has 0 aliphatic heterocycles. The van der Waals surface area contributed by atoms with Gasteiger partial charge in [-0.3, -0.25) is 14.9 Å². The van der Waals surface area contributed by atoms with Crippen LogP contribution in [0, 0.1) is 5.92 Å². The minimum atomic E-state index is -0.703. The van der Waals surface area contributed by atoms with Crippen molar-refractivity contribution in [3.8, 4) is 11.5 Å². The smallest absolute Gasteiger partial charge is 0.338 e. The molecule has 0 unspecified atom stereocenters. The predicted molar refractivity (Wildman–Crippen MR) is 105 cm³/mol. The van der Waals surface area contributed by atoms with Gasteiger partial charge in [0.15, 0.2) is 18.1 Å².